The highest BCUT2D eigenvalue weighted by Crippen LogP contribution is 2.26. The summed E-state index contributed by atoms with van der Waals surface area (Å²) in [6.45, 7) is 5.06. The van der Waals surface area contributed by atoms with Crippen molar-refractivity contribution in [2.75, 3.05) is 19.8 Å². The number of hydrogen-bond donors (Lipinski definition) is 2. The van der Waals surface area contributed by atoms with Crippen LogP contribution < -0.4 is 0 Å². The number of aliphatic hydroxyl groups is 2. The Morgan fingerprint density at radius 2 is 1.71 bits per heavy atom. The van der Waals surface area contributed by atoms with Gasteiger partial charge in [-0.1, -0.05) is 44.9 Å². The van der Waals surface area contributed by atoms with Gasteiger partial charge in [-0.15, -0.1) is 0 Å². The number of hydrogen-bond acceptors (Lipinski definition) is 7. The fourth-order valence-electron chi connectivity index (χ4n) is 2.95. The molecule has 1 aromatic carbocycles. The molecule has 28 heavy (non-hydrogen) atoms. The first-order chi connectivity index (χ1) is 13.6. The van der Waals surface area contributed by atoms with Crippen molar-refractivity contribution < 1.29 is 34.0 Å². The van der Waals surface area contributed by atoms with Gasteiger partial charge in [0, 0.05) is 13.2 Å². The third-order valence-corrected chi connectivity index (χ3v) is 4.62. The van der Waals surface area contributed by atoms with Crippen LogP contribution in [0.5, 0.6) is 0 Å². The molecule has 1 aromatic rings. The van der Waals surface area contributed by atoms with Crippen LogP contribution in [-0.4, -0.2) is 66.7 Å². The number of aliphatic hydroxyl groups excluding tert-OH is 2. The fraction of sp³-hybridized carbons (Fsp3) is 0.667. The minimum Gasteiger partial charge on any atom is -0.453 e. The Kier molecular flexibility index (Phi) is 9.87. The molecule has 0 amide bonds. The van der Waals surface area contributed by atoms with Crippen LogP contribution in [0.15, 0.2) is 30.3 Å². The Hall–Kier alpha value is -1.51. The molecule has 5 atom stereocenters. The molecule has 0 bridgehead atoms. The van der Waals surface area contributed by atoms with E-state index >= 15 is 0 Å². The monoisotopic (exact) mass is 396 g/mol. The van der Waals surface area contributed by atoms with Crippen molar-refractivity contribution in [2.24, 2.45) is 0 Å². The summed E-state index contributed by atoms with van der Waals surface area (Å²) in [7, 11) is 0. The minimum absolute atomic E-state index is 0.0997. The van der Waals surface area contributed by atoms with E-state index in [-0.39, 0.29) is 6.61 Å². The molecule has 0 aromatic heterocycles. The molecule has 7 nitrogen and oxygen atoms in total. The van der Waals surface area contributed by atoms with Gasteiger partial charge in [0.1, 0.15) is 18.3 Å². The first-order valence-electron chi connectivity index (χ1n) is 10.0. The normalized spacial score (nSPS) is 27.5. The lowest BCUT2D eigenvalue weighted by Crippen LogP contribution is -2.60. The number of benzene rings is 1. The summed E-state index contributed by atoms with van der Waals surface area (Å²) in [5.74, 6) is -0.574. The smallest absolute Gasteiger partial charge is 0.338 e. The lowest BCUT2D eigenvalue weighted by atomic mass is 9.98. The zero-order chi connectivity index (χ0) is 20.4. The summed E-state index contributed by atoms with van der Waals surface area (Å²) in [6.07, 6.45) is -1.78. The number of carbonyl (C=O) groups excluding carboxylic acids is 1. The van der Waals surface area contributed by atoms with Gasteiger partial charge in [-0.3, -0.25) is 0 Å². The summed E-state index contributed by atoms with van der Waals surface area (Å²) in [5.41, 5.74) is 0.370. The molecule has 1 aliphatic rings. The second kappa shape index (κ2) is 12.1. The minimum atomic E-state index is -1.32. The summed E-state index contributed by atoms with van der Waals surface area (Å²) in [6, 6.07) is 8.53. The van der Waals surface area contributed by atoms with Crippen LogP contribution in [0.4, 0.5) is 0 Å². The van der Waals surface area contributed by atoms with E-state index in [2.05, 4.69) is 6.92 Å². The number of carbonyl (C=O) groups is 1. The van der Waals surface area contributed by atoms with Gasteiger partial charge in [0.2, 0.25) is 0 Å². The van der Waals surface area contributed by atoms with Gasteiger partial charge >= 0.3 is 5.97 Å². The van der Waals surface area contributed by atoms with Crippen molar-refractivity contribution in [1.82, 2.24) is 0 Å². The largest absolute Gasteiger partial charge is 0.453 e. The molecule has 1 saturated heterocycles. The molecule has 7 heteroatoms. The summed E-state index contributed by atoms with van der Waals surface area (Å²) in [5, 5.41) is 21.0. The highest BCUT2D eigenvalue weighted by molar-refractivity contribution is 5.89. The van der Waals surface area contributed by atoms with Crippen LogP contribution in [0.1, 0.15) is 49.9 Å². The summed E-state index contributed by atoms with van der Waals surface area (Å²) in [4.78, 5) is 12.5. The average Bonchev–Trinajstić information content (AvgIpc) is 2.71. The Balaban J connectivity index is 2.08. The topological polar surface area (TPSA) is 94.5 Å². The maximum atomic E-state index is 12.5. The molecule has 0 saturated carbocycles. The molecule has 158 valence electrons. The van der Waals surface area contributed by atoms with E-state index < -0.39 is 36.7 Å². The van der Waals surface area contributed by atoms with Gasteiger partial charge < -0.3 is 29.2 Å². The van der Waals surface area contributed by atoms with E-state index in [4.69, 9.17) is 18.9 Å². The average molecular weight is 396 g/mol. The number of esters is 1. The zero-order valence-electron chi connectivity index (χ0n) is 16.7. The Labute approximate surface area is 166 Å². The van der Waals surface area contributed by atoms with E-state index in [1.807, 2.05) is 6.92 Å². The Bertz CT molecular complexity index is 563. The summed E-state index contributed by atoms with van der Waals surface area (Å²) >= 11 is 0. The molecule has 1 heterocycles. The molecule has 2 rings (SSSR count). The van der Waals surface area contributed by atoms with Crippen molar-refractivity contribution >= 4 is 5.97 Å². The molecule has 0 radical (unpaired) electrons. The summed E-state index contributed by atoms with van der Waals surface area (Å²) < 4.78 is 22.3. The van der Waals surface area contributed by atoms with Gasteiger partial charge in [-0.2, -0.15) is 0 Å². The van der Waals surface area contributed by atoms with Crippen molar-refractivity contribution in [1.29, 1.82) is 0 Å². The van der Waals surface area contributed by atoms with Gasteiger partial charge in [0.05, 0.1) is 12.2 Å². The second-order valence-corrected chi connectivity index (χ2v) is 6.91. The van der Waals surface area contributed by atoms with Crippen LogP contribution in [0.25, 0.3) is 0 Å². The first-order valence-corrected chi connectivity index (χ1v) is 10.0. The molecule has 2 N–H and O–H groups in total. The first kappa shape index (κ1) is 22.8. The molecule has 3 unspecified atom stereocenters. The highest BCUT2D eigenvalue weighted by atomic mass is 16.7. The lowest BCUT2D eigenvalue weighted by Gasteiger charge is -2.42. The van der Waals surface area contributed by atoms with Crippen LogP contribution in [0, 0.1) is 0 Å². The maximum absolute atomic E-state index is 12.5. The SMILES string of the molecule is CCCCOCC1O[C@@H](O)C(OCCCC)C(O)[C@H]1OC(=O)c1ccccc1. The van der Waals surface area contributed by atoms with Crippen molar-refractivity contribution in [2.45, 2.75) is 70.2 Å². The Morgan fingerprint density at radius 3 is 2.39 bits per heavy atom. The molecular formula is C21H32O7. The van der Waals surface area contributed by atoms with E-state index in [1.165, 1.54) is 0 Å². The fourth-order valence-corrected chi connectivity index (χ4v) is 2.95. The van der Waals surface area contributed by atoms with E-state index in [0.717, 1.165) is 25.7 Å². The standard InChI is InChI=1S/C21H32O7/c1-3-5-12-25-14-16-18(28-20(23)15-10-8-7-9-11-15)17(22)19(21(24)27-16)26-13-6-4-2/h7-11,16-19,21-22,24H,3-6,12-14H2,1-2H3/t16?,17?,18-,19?,21+/m0/s1. The molecular weight excluding hydrogens is 364 g/mol. The molecule has 0 spiro atoms. The molecule has 1 aliphatic heterocycles. The third kappa shape index (κ3) is 6.53. The maximum Gasteiger partial charge on any atom is 0.338 e. The molecule has 1 fully saturated rings. The quantitative estimate of drug-likeness (QED) is 0.438. The zero-order valence-corrected chi connectivity index (χ0v) is 16.7. The van der Waals surface area contributed by atoms with Crippen LogP contribution >= 0.6 is 0 Å². The van der Waals surface area contributed by atoms with Gasteiger partial charge in [0.25, 0.3) is 0 Å². The van der Waals surface area contributed by atoms with Gasteiger partial charge in [-0.05, 0) is 25.0 Å². The van der Waals surface area contributed by atoms with Crippen LogP contribution in [-0.2, 0) is 18.9 Å². The second-order valence-electron chi connectivity index (χ2n) is 6.91. The van der Waals surface area contributed by atoms with Gasteiger partial charge in [0.15, 0.2) is 12.4 Å². The van der Waals surface area contributed by atoms with E-state index in [9.17, 15) is 15.0 Å². The van der Waals surface area contributed by atoms with E-state index in [1.54, 1.807) is 30.3 Å². The number of unbranched alkanes of at least 4 members (excludes halogenated alkanes) is 2. The predicted molar refractivity (Wildman–Crippen MR) is 103 cm³/mol. The Morgan fingerprint density at radius 1 is 1.04 bits per heavy atom. The third-order valence-electron chi connectivity index (χ3n) is 4.62. The van der Waals surface area contributed by atoms with E-state index in [0.29, 0.717) is 18.8 Å². The predicted octanol–water partition coefficient (Wildman–Crippen LogP) is 2.29. The van der Waals surface area contributed by atoms with Gasteiger partial charge in [-0.25, -0.2) is 4.79 Å². The lowest BCUT2D eigenvalue weighted by molar-refractivity contribution is -0.297. The van der Waals surface area contributed by atoms with Crippen LogP contribution in [0.3, 0.4) is 0 Å². The van der Waals surface area contributed by atoms with Crippen molar-refractivity contribution in [3.8, 4) is 0 Å². The highest BCUT2D eigenvalue weighted by Gasteiger charge is 2.47. The van der Waals surface area contributed by atoms with Crippen molar-refractivity contribution in [3.05, 3.63) is 35.9 Å². The van der Waals surface area contributed by atoms with Crippen LogP contribution in [0.2, 0.25) is 0 Å². The molecule has 0 aliphatic carbocycles. The number of rotatable bonds is 11. The number of ether oxygens (including phenoxy) is 4. The van der Waals surface area contributed by atoms with Crippen molar-refractivity contribution in [3.63, 3.8) is 0 Å².